The average Bonchev–Trinajstić information content (AvgIpc) is 3.08. The van der Waals surface area contributed by atoms with Gasteiger partial charge in [0.25, 0.3) is 11.8 Å². The molecule has 0 radical (unpaired) electrons. The first-order chi connectivity index (χ1) is 23.5. The molecule has 256 valence electrons. The number of halogens is 1. The number of likely N-dealkylation sites (N-methyl/N-ethyl adjacent to an activating group) is 1. The number of para-hydroxylation sites is 3. The van der Waals surface area contributed by atoms with Crippen molar-refractivity contribution < 1.29 is 28.6 Å². The van der Waals surface area contributed by atoms with Crippen LogP contribution in [0.2, 0.25) is 0 Å². The first-order valence-electron chi connectivity index (χ1n) is 16.0. The quantitative estimate of drug-likeness (QED) is 0.137. The number of carbonyl (C=O) groups excluding carboxylic acids is 3. The molecule has 1 aliphatic heterocycles. The molecule has 4 aromatic rings. The van der Waals surface area contributed by atoms with Crippen LogP contribution in [0.25, 0.3) is 0 Å². The molecule has 0 aliphatic carbocycles. The van der Waals surface area contributed by atoms with Crippen LogP contribution in [0.15, 0.2) is 91.0 Å². The van der Waals surface area contributed by atoms with Crippen molar-refractivity contribution >= 4 is 40.6 Å². The Kier molecular flexibility index (Phi) is 11.1. The molecule has 0 aromatic heterocycles. The highest BCUT2D eigenvalue weighted by Crippen LogP contribution is 2.35. The van der Waals surface area contributed by atoms with Gasteiger partial charge in [0.15, 0.2) is 5.75 Å². The summed E-state index contributed by atoms with van der Waals surface area (Å²) < 4.78 is 20.0. The van der Waals surface area contributed by atoms with E-state index >= 15 is 0 Å². The van der Waals surface area contributed by atoms with Crippen LogP contribution in [0.4, 0.5) is 31.9 Å². The van der Waals surface area contributed by atoms with Gasteiger partial charge in [-0.2, -0.15) is 0 Å². The maximum Gasteiger partial charge on any atom is 0.323 e. The molecule has 12 heteroatoms. The van der Waals surface area contributed by atoms with Gasteiger partial charge in [0, 0.05) is 36.8 Å². The topological polar surface area (TPSA) is 149 Å². The van der Waals surface area contributed by atoms with Gasteiger partial charge in [-0.05, 0) is 80.2 Å². The van der Waals surface area contributed by atoms with Gasteiger partial charge in [0.2, 0.25) is 0 Å². The van der Waals surface area contributed by atoms with Gasteiger partial charge in [-0.15, -0.1) is 0 Å². The summed E-state index contributed by atoms with van der Waals surface area (Å²) in [5.41, 5.74) is 9.39. The number of rotatable bonds is 10. The second-order valence-electron chi connectivity index (χ2n) is 12.3. The number of carbonyl (C=O) groups is 3. The summed E-state index contributed by atoms with van der Waals surface area (Å²) in [4.78, 5) is 43.3. The molecule has 0 unspecified atom stereocenters. The maximum atomic E-state index is 13.8. The van der Waals surface area contributed by atoms with E-state index in [0.717, 1.165) is 5.56 Å². The van der Waals surface area contributed by atoms with Crippen molar-refractivity contribution in [3.8, 4) is 5.75 Å². The highest BCUT2D eigenvalue weighted by molar-refractivity contribution is 6.06. The van der Waals surface area contributed by atoms with Crippen LogP contribution < -0.4 is 26.4 Å². The van der Waals surface area contributed by atoms with Gasteiger partial charge in [0.05, 0.1) is 35.3 Å². The zero-order chi connectivity index (χ0) is 35.1. The van der Waals surface area contributed by atoms with Crippen LogP contribution >= 0.6 is 0 Å². The van der Waals surface area contributed by atoms with Crippen molar-refractivity contribution in [1.29, 1.82) is 0 Å². The summed E-state index contributed by atoms with van der Waals surface area (Å²) in [5.74, 6) is -0.956. The van der Waals surface area contributed by atoms with Gasteiger partial charge in [-0.1, -0.05) is 37.3 Å². The molecule has 6 N–H and O–H groups in total. The second-order valence-corrected chi connectivity index (χ2v) is 12.3. The minimum absolute atomic E-state index is 0.161. The predicted molar refractivity (Wildman–Crippen MR) is 188 cm³/mol. The number of aliphatic hydroxyl groups excluding tert-OH is 1. The van der Waals surface area contributed by atoms with Crippen molar-refractivity contribution in [2.75, 3.05) is 48.4 Å². The van der Waals surface area contributed by atoms with Crippen molar-refractivity contribution in [2.45, 2.75) is 32.5 Å². The van der Waals surface area contributed by atoms with Crippen LogP contribution in [0.3, 0.4) is 0 Å². The first-order valence-corrected chi connectivity index (χ1v) is 16.0. The van der Waals surface area contributed by atoms with Crippen molar-refractivity contribution in [3.63, 3.8) is 0 Å². The maximum absolute atomic E-state index is 13.8. The molecule has 11 nitrogen and oxygen atoms in total. The Morgan fingerprint density at radius 2 is 1.67 bits per heavy atom. The van der Waals surface area contributed by atoms with Gasteiger partial charge in [-0.3, -0.25) is 14.5 Å². The highest BCUT2D eigenvalue weighted by atomic mass is 19.1. The summed E-state index contributed by atoms with van der Waals surface area (Å²) in [7, 11) is 1.95. The number of nitrogens with zero attached hydrogens (tertiary/aromatic N) is 2. The fourth-order valence-electron chi connectivity index (χ4n) is 5.63. The first kappa shape index (κ1) is 34.9. The lowest BCUT2D eigenvalue weighted by atomic mass is 9.98. The second kappa shape index (κ2) is 15.6. The fraction of sp³-hybridized carbons (Fsp3) is 0.270. The Morgan fingerprint density at radius 1 is 0.980 bits per heavy atom. The summed E-state index contributed by atoms with van der Waals surface area (Å²) >= 11 is 0. The molecule has 0 saturated carbocycles. The normalized spacial score (nSPS) is 16.5. The van der Waals surface area contributed by atoms with Crippen LogP contribution in [-0.4, -0.2) is 71.6 Å². The van der Waals surface area contributed by atoms with E-state index in [-0.39, 0.29) is 41.3 Å². The Labute approximate surface area is 284 Å². The third-order valence-corrected chi connectivity index (χ3v) is 8.41. The molecule has 0 bridgehead atoms. The molecule has 4 amide bonds. The van der Waals surface area contributed by atoms with E-state index in [1.54, 1.807) is 66.4 Å². The van der Waals surface area contributed by atoms with Crippen molar-refractivity contribution in [1.82, 2.24) is 9.80 Å². The average molecular weight is 669 g/mol. The summed E-state index contributed by atoms with van der Waals surface area (Å²) in [6.45, 7) is 4.90. The molecular formula is C37H41FN6O5. The Bertz CT molecular complexity index is 1790. The highest BCUT2D eigenvalue weighted by Gasteiger charge is 2.34. The van der Waals surface area contributed by atoms with E-state index < -0.39 is 24.0 Å². The summed E-state index contributed by atoms with van der Waals surface area (Å²) in [5, 5.41) is 18.3. The third kappa shape index (κ3) is 8.72. The minimum atomic E-state index is -0.593. The van der Waals surface area contributed by atoms with E-state index in [9.17, 15) is 23.9 Å². The van der Waals surface area contributed by atoms with Gasteiger partial charge in [-0.25, -0.2) is 9.18 Å². The van der Waals surface area contributed by atoms with Crippen LogP contribution in [0.5, 0.6) is 5.75 Å². The fourth-order valence-corrected chi connectivity index (χ4v) is 5.63. The Morgan fingerprint density at radius 3 is 2.37 bits per heavy atom. The standard InChI is InChI=1S/C37H41FN6O5/c1-23-19-44(24(2)22-45)36(47)29-7-6-10-32(42-37(48)40-28-17-15-27(38)16-18-28)34(29)49-33(23)21-43(3)20-25-11-13-26(14-12-25)35(46)41-31-9-5-4-8-30(31)39/h4-18,23-24,33,45H,19-22,39H2,1-3H3,(H,41,46)(H2,40,42,48)/t23-,24-,33-/m0/s1. The number of benzene rings is 4. The van der Waals surface area contributed by atoms with E-state index in [4.69, 9.17) is 10.5 Å². The number of aliphatic hydroxyl groups is 1. The molecule has 5 rings (SSSR count). The summed E-state index contributed by atoms with van der Waals surface area (Å²) in [6, 6.07) is 23.6. The van der Waals surface area contributed by atoms with Crippen LogP contribution in [-0.2, 0) is 6.54 Å². The number of nitrogen functional groups attached to an aromatic ring is 1. The lowest BCUT2D eigenvalue weighted by Crippen LogP contribution is -2.49. The molecule has 1 heterocycles. The molecule has 49 heavy (non-hydrogen) atoms. The zero-order valence-corrected chi connectivity index (χ0v) is 27.7. The Balaban J connectivity index is 1.33. The van der Waals surface area contributed by atoms with E-state index in [0.29, 0.717) is 42.3 Å². The number of anilines is 4. The van der Waals surface area contributed by atoms with Crippen molar-refractivity contribution in [2.24, 2.45) is 5.92 Å². The molecular weight excluding hydrogens is 627 g/mol. The molecule has 1 aliphatic rings. The number of nitrogens with one attached hydrogen (secondary N) is 3. The monoisotopic (exact) mass is 668 g/mol. The van der Waals surface area contributed by atoms with Crippen molar-refractivity contribution in [3.05, 3.63) is 114 Å². The van der Waals surface area contributed by atoms with E-state index in [1.807, 2.05) is 26.1 Å². The molecule has 3 atom stereocenters. The smallest absolute Gasteiger partial charge is 0.323 e. The predicted octanol–water partition coefficient (Wildman–Crippen LogP) is 5.66. The number of ether oxygens (including phenoxy) is 1. The molecule has 0 spiro atoms. The van der Waals surface area contributed by atoms with Crippen LogP contribution in [0, 0.1) is 11.7 Å². The largest absolute Gasteiger partial charge is 0.486 e. The van der Waals surface area contributed by atoms with Gasteiger partial charge >= 0.3 is 6.03 Å². The van der Waals surface area contributed by atoms with Gasteiger partial charge < -0.3 is 36.4 Å². The number of hydrogen-bond donors (Lipinski definition) is 5. The van der Waals surface area contributed by atoms with E-state index in [2.05, 4.69) is 20.9 Å². The SMILES string of the molecule is C[C@H]1CN([C@@H](C)CO)C(=O)c2cccc(NC(=O)Nc3ccc(F)cc3)c2O[C@H]1CN(C)Cc1ccc(C(=O)Nc2ccccc2N)cc1. The minimum Gasteiger partial charge on any atom is -0.486 e. The number of amides is 4. The lowest BCUT2D eigenvalue weighted by molar-refractivity contribution is 0.0343. The number of urea groups is 1. The molecule has 4 aromatic carbocycles. The summed E-state index contributed by atoms with van der Waals surface area (Å²) in [6.07, 6.45) is -0.422. The number of hydrogen-bond acceptors (Lipinski definition) is 7. The molecule has 0 fully saturated rings. The number of fused-ring (bicyclic) bond motifs is 1. The van der Waals surface area contributed by atoms with Gasteiger partial charge in [0.1, 0.15) is 11.9 Å². The lowest BCUT2D eigenvalue weighted by Gasteiger charge is -2.38. The van der Waals surface area contributed by atoms with E-state index in [1.165, 1.54) is 24.3 Å². The zero-order valence-electron chi connectivity index (χ0n) is 27.7. The number of nitrogens with two attached hydrogens (primary N) is 1. The Hall–Kier alpha value is -5.46. The van der Waals surface area contributed by atoms with Crippen LogP contribution in [0.1, 0.15) is 40.1 Å². The third-order valence-electron chi connectivity index (χ3n) is 8.41. The molecule has 0 saturated heterocycles.